The van der Waals surface area contributed by atoms with Crippen molar-refractivity contribution in [2.24, 2.45) is 22.1 Å². The molecule has 3 unspecified atom stereocenters. The van der Waals surface area contributed by atoms with E-state index in [0.717, 1.165) is 18.4 Å². The molecule has 1 aliphatic carbocycles. The minimum Gasteiger partial charge on any atom is -0.494 e. The molecule has 1 aromatic heterocycles. The smallest absolute Gasteiger partial charge is 0.251 e. The number of carbonyl (C=O) groups excluding carboxylic acids is 3. The molecule has 3 aromatic carbocycles. The summed E-state index contributed by atoms with van der Waals surface area (Å²) in [6.45, 7) is 6.70. The van der Waals surface area contributed by atoms with Gasteiger partial charge in [-0.05, 0) is 79.4 Å². The first kappa shape index (κ1) is 54.3. The van der Waals surface area contributed by atoms with Crippen LogP contribution >= 0.6 is 0 Å². The van der Waals surface area contributed by atoms with Crippen LogP contribution < -0.4 is 26.0 Å². The van der Waals surface area contributed by atoms with Crippen LogP contribution in [0, 0.1) is 11.8 Å². The maximum Gasteiger partial charge on any atom is 0.251 e. The second-order valence-electron chi connectivity index (χ2n) is 17.8. The molecular weight excluding hydrogens is 883 g/mol. The summed E-state index contributed by atoms with van der Waals surface area (Å²) in [7, 11) is 0. The summed E-state index contributed by atoms with van der Waals surface area (Å²) in [5, 5.41) is 60.0. The normalized spacial score (nSPS) is 15.1. The third-order valence-corrected chi connectivity index (χ3v) is 11.7. The molecule has 0 bridgehead atoms. The van der Waals surface area contributed by atoms with E-state index in [9.17, 15) is 29.7 Å². The molecule has 69 heavy (non-hydrogen) atoms. The van der Waals surface area contributed by atoms with Gasteiger partial charge in [0.2, 0.25) is 5.91 Å². The number of aromatic nitrogens is 3. The molecule has 1 aliphatic rings. The van der Waals surface area contributed by atoms with Crippen LogP contribution in [0.4, 0.5) is 11.4 Å². The van der Waals surface area contributed by atoms with Gasteiger partial charge in [-0.15, -0.1) is 5.10 Å². The van der Waals surface area contributed by atoms with Crippen molar-refractivity contribution >= 4 is 29.1 Å². The van der Waals surface area contributed by atoms with E-state index in [0.29, 0.717) is 85.6 Å². The lowest BCUT2D eigenvalue weighted by molar-refractivity contribution is -0.123. The number of azo groups is 1. The first-order valence-corrected chi connectivity index (χ1v) is 24.5. The summed E-state index contributed by atoms with van der Waals surface area (Å²) >= 11 is 0. The van der Waals surface area contributed by atoms with Crippen LogP contribution in [0.15, 0.2) is 89.2 Å². The fraction of sp³-hybridized carbons (Fsp3) is 0.549. The van der Waals surface area contributed by atoms with Crippen molar-refractivity contribution in [3.8, 4) is 17.0 Å². The number of amides is 3. The van der Waals surface area contributed by atoms with Crippen molar-refractivity contribution in [2.75, 3.05) is 65.8 Å². The van der Waals surface area contributed by atoms with E-state index in [1.54, 1.807) is 59.3 Å². The van der Waals surface area contributed by atoms with Gasteiger partial charge in [-0.3, -0.25) is 19.1 Å². The van der Waals surface area contributed by atoms with E-state index in [4.69, 9.17) is 14.2 Å². The fourth-order valence-corrected chi connectivity index (χ4v) is 7.63. The standard InChI is InChI=1S/C51H73N9O9/c1-37(2)49(64)53-24-25-54-50(65)39-16-18-42(19-17-39)56-57-43-20-22-46(23-21-43)69-27-11-26-60-34-47(58-59-60)40-14-10-15-41(30-40)51(66)55-32-45(62)36-68-29-28-67-35-44(61)31-52-33-48(63)38-12-8-6-4-3-5-7-9-13-38/h10,14-23,30,34,37-38,44-45,48,52,61-63H,3-9,11-13,24-29,31-33,35-36H2,1-2H3,(H,53,64)(H,54,65)(H,55,66)/b57-56+. The minimum absolute atomic E-state index is 0.00182. The largest absolute Gasteiger partial charge is 0.494 e. The van der Waals surface area contributed by atoms with E-state index < -0.39 is 18.3 Å². The Hall–Kier alpha value is -5.63. The summed E-state index contributed by atoms with van der Waals surface area (Å²) < 4.78 is 18.7. The molecule has 5 rings (SSSR count). The van der Waals surface area contributed by atoms with E-state index in [1.807, 2.05) is 38.2 Å². The summed E-state index contributed by atoms with van der Waals surface area (Å²) in [5.74, 6) is 0.241. The van der Waals surface area contributed by atoms with E-state index in [2.05, 4.69) is 41.8 Å². The molecule has 3 amide bonds. The number of nitrogens with zero attached hydrogens (tertiary/aromatic N) is 5. The number of ether oxygens (including phenoxy) is 3. The molecule has 18 heteroatoms. The van der Waals surface area contributed by atoms with Crippen LogP contribution in [-0.2, 0) is 20.8 Å². The Morgan fingerprint density at radius 3 is 1.99 bits per heavy atom. The first-order chi connectivity index (χ1) is 33.5. The molecule has 18 nitrogen and oxygen atoms in total. The summed E-state index contributed by atoms with van der Waals surface area (Å²) in [6, 6.07) is 21.0. The molecular formula is C51H73N9O9. The maximum absolute atomic E-state index is 12.9. The summed E-state index contributed by atoms with van der Waals surface area (Å²) in [4.78, 5) is 37.0. The zero-order chi connectivity index (χ0) is 49.1. The number of nitrogens with one attached hydrogen (secondary N) is 4. The number of rotatable bonds is 28. The number of carbonyl (C=O) groups is 3. The topological polar surface area (TPSA) is 243 Å². The van der Waals surface area contributed by atoms with Gasteiger partial charge in [0.1, 0.15) is 11.4 Å². The van der Waals surface area contributed by atoms with Crippen molar-refractivity contribution in [1.29, 1.82) is 0 Å². The Kier molecular flexibility index (Phi) is 24.2. The van der Waals surface area contributed by atoms with E-state index >= 15 is 0 Å². The highest BCUT2D eigenvalue weighted by molar-refractivity contribution is 5.95. The quantitative estimate of drug-likeness (QED) is 0.0260. The first-order valence-electron chi connectivity index (χ1n) is 24.5. The number of benzene rings is 3. The molecule has 376 valence electrons. The predicted octanol–water partition coefficient (Wildman–Crippen LogP) is 5.91. The molecule has 0 radical (unpaired) electrons. The van der Waals surface area contributed by atoms with Crippen molar-refractivity contribution in [3.05, 3.63) is 90.1 Å². The number of aryl methyl sites for hydroxylation is 1. The maximum atomic E-state index is 12.9. The van der Waals surface area contributed by atoms with Gasteiger partial charge in [0.15, 0.2) is 0 Å². The molecule has 0 aliphatic heterocycles. The second kappa shape index (κ2) is 30.8. The third-order valence-electron chi connectivity index (χ3n) is 11.7. The molecule has 7 N–H and O–H groups in total. The Morgan fingerprint density at radius 1 is 0.710 bits per heavy atom. The van der Waals surface area contributed by atoms with Gasteiger partial charge in [-0.25, -0.2) is 0 Å². The van der Waals surface area contributed by atoms with Gasteiger partial charge in [0, 0.05) is 68.3 Å². The molecule has 0 spiro atoms. The molecule has 1 heterocycles. The van der Waals surface area contributed by atoms with Gasteiger partial charge in [0.25, 0.3) is 11.8 Å². The summed E-state index contributed by atoms with van der Waals surface area (Å²) in [5.41, 5.74) is 3.46. The van der Waals surface area contributed by atoms with Crippen LogP contribution in [0.5, 0.6) is 5.75 Å². The Labute approximate surface area is 406 Å². The van der Waals surface area contributed by atoms with Gasteiger partial charge in [0.05, 0.1) is 68.9 Å². The molecule has 3 atom stereocenters. The highest BCUT2D eigenvalue weighted by atomic mass is 16.5. The number of hydrogen-bond donors (Lipinski definition) is 7. The molecule has 1 fully saturated rings. The highest BCUT2D eigenvalue weighted by Gasteiger charge is 2.20. The molecule has 0 saturated heterocycles. The average molecular weight is 956 g/mol. The number of hydrogen-bond acceptors (Lipinski definition) is 14. The fourth-order valence-electron chi connectivity index (χ4n) is 7.63. The zero-order valence-electron chi connectivity index (χ0n) is 40.3. The Balaban J connectivity index is 0.905. The number of aliphatic hydroxyl groups is 3. The number of aliphatic hydroxyl groups excluding tert-OH is 3. The third kappa shape index (κ3) is 20.9. The highest BCUT2D eigenvalue weighted by Crippen LogP contribution is 2.25. The Morgan fingerprint density at radius 2 is 1.32 bits per heavy atom. The van der Waals surface area contributed by atoms with Crippen LogP contribution in [0.25, 0.3) is 11.3 Å². The molecule has 4 aromatic rings. The lowest BCUT2D eigenvalue weighted by Gasteiger charge is -2.25. The van der Waals surface area contributed by atoms with Gasteiger partial charge >= 0.3 is 0 Å². The van der Waals surface area contributed by atoms with Crippen LogP contribution in [0.2, 0.25) is 0 Å². The Bertz CT molecular complexity index is 2130. The van der Waals surface area contributed by atoms with E-state index in [1.165, 1.54) is 44.9 Å². The SMILES string of the molecule is CC(C)C(=O)NCCNC(=O)c1ccc(/N=N/c2ccc(OCCCn3cc(-c4cccc(C(=O)NCC(O)COCCOCC(O)CNCC(O)C5CCCCCCCCC5)c4)nn3)cc2)cc1. The monoisotopic (exact) mass is 956 g/mol. The van der Waals surface area contributed by atoms with Crippen LogP contribution in [-0.4, -0.2) is 132 Å². The van der Waals surface area contributed by atoms with Gasteiger partial charge < -0.3 is 50.8 Å². The minimum atomic E-state index is -0.923. The van der Waals surface area contributed by atoms with Crippen molar-refractivity contribution < 1.29 is 43.9 Å². The second-order valence-corrected chi connectivity index (χ2v) is 17.8. The van der Waals surface area contributed by atoms with Gasteiger partial charge in [-0.2, -0.15) is 10.2 Å². The van der Waals surface area contributed by atoms with E-state index in [-0.39, 0.29) is 56.6 Å². The lowest BCUT2D eigenvalue weighted by Crippen LogP contribution is -2.38. The predicted molar refractivity (Wildman–Crippen MR) is 263 cm³/mol. The molecule has 1 saturated carbocycles. The summed E-state index contributed by atoms with van der Waals surface area (Å²) in [6.07, 6.45) is 11.3. The average Bonchev–Trinajstić information content (AvgIpc) is 3.85. The van der Waals surface area contributed by atoms with Crippen molar-refractivity contribution in [3.63, 3.8) is 0 Å². The zero-order valence-corrected chi connectivity index (χ0v) is 40.3. The lowest BCUT2D eigenvalue weighted by atomic mass is 9.88. The van der Waals surface area contributed by atoms with Crippen molar-refractivity contribution in [2.45, 2.75) is 103 Å². The van der Waals surface area contributed by atoms with Crippen LogP contribution in [0.1, 0.15) is 98.8 Å². The van der Waals surface area contributed by atoms with Crippen LogP contribution in [0.3, 0.4) is 0 Å². The van der Waals surface area contributed by atoms with Gasteiger partial charge in [-0.1, -0.05) is 76.1 Å². The van der Waals surface area contributed by atoms with Crippen molar-refractivity contribution in [1.82, 2.24) is 36.3 Å².